The summed E-state index contributed by atoms with van der Waals surface area (Å²) in [6.45, 7) is 0.666. The molecule has 0 atom stereocenters. The van der Waals surface area contributed by atoms with E-state index < -0.39 is 0 Å². The van der Waals surface area contributed by atoms with Crippen molar-refractivity contribution in [2.24, 2.45) is 0 Å². The van der Waals surface area contributed by atoms with Crippen LogP contribution in [0, 0.1) is 0 Å². The molecule has 0 fully saturated rings. The quantitative estimate of drug-likeness (QED) is 0.510. The van der Waals surface area contributed by atoms with Crippen molar-refractivity contribution in [2.75, 3.05) is 24.4 Å². The summed E-state index contributed by atoms with van der Waals surface area (Å²) in [4.78, 5) is 20.0. The first-order valence-corrected chi connectivity index (χ1v) is 7.39. The number of rotatable bonds is 4. The Bertz CT molecular complexity index is 678. The maximum Gasteiger partial charge on any atom is 0.337 e. The van der Waals surface area contributed by atoms with Crippen molar-refractivity contribution >= 4 is 29.2 Å². The number of benzene rings is 1. The van der Waals surface area contributed by atoms with Crippen molar-refractivity contribution in [1.82, 2.24) is 9.97 Å². The Labute approximate surface area is 126 Å². The number of anilines is 2. The molecule has 0 saturated carbocycles. The molecule has 6 nitrogen and oxygen atoms in total. The fourth-order valence-electron chi connectivity index (χ4n) is 2.05. The number of nitrogens with zero attached hydrogens (tertiary/aromatic N) is 2. The predicted molar refractivity (Wildman–Crippen MR) is 81.5 cm³/mol. The van der Waals surface area contributed by atoms with Crippen LogP contribution in [0.15, 0.2) is 35.6 Å². The zero-order valence-corrected chi connectivity index (χ0v) is 12.2. The lowest BCUT2D eigenvalue weighted by molar-refractivity contribution is 0.0600. The third-order valence-corrected chi connectivity index (χ3v) is 4.12. The molecule has 0 saturated heterocycles. The maximum atomic E-state index is 11.5. The highest BCUT2D eigenvalue weighted by Crippen LogP contribution is 2.34. The maximum absolute atomic E-state index is 11.5. The van der Waals surface area contributed by atoms with Crippen LogP contribution in [0.25, 0.3) is 0 Å². The van der Waals surface area contributed by atoms with Crippen LogP contribution in [0.1, 0.15) is 15.9 Å². The van der Waals surface area contributed by atoms with Crippen LogP contribution >= 0.6 is 11.8 Å². The fourth-order valence-corrected chi connectivity index (χ4v) is 2.96. The van der Waals surface area contributed by atoms with Gasteiger partial charge in [-0.25, -0.2) is 14.8 Å². The molecule has 0 bridgehead atoms. The zero-order chi connectivity index (χ0) is 14.7. The average molecular weight is 302 g/mol. The molecule has 0 aliphatic carbocycles. The van der Waals surface area contributed by atoms with Gasteiger partial charge < -0.3 is 15.4 Å². The molecule has 1 aromatic heterocycles. The Morgan fingerprint density at radius 3 is 3.14 bits per heavy atom. The molecular weight excluding hydrogens is 288 g/mol. The van der Waals surface area contributed by atoms with Gasteiger partial charge in [0.05, 0.1) is 19.3 Å². The van der Waals surface area contributed by atoms with E-state index in [0.29, 0.717) is 12.2 Å². The van der Waals surface area contributed by atoms with Crippen LogP contribution in [0.2, 0.25) is 0 Å². The first kappa shape index (κ1) is 13.7. The number of aromatic nitrogens is 2. The van der Waals surface area contributed by atoms with Crippen molar-refractivity contribution in [2.45, 2.75) is 10.8 Å². The zero-order valence-electron chi connectivity index (χ0n) is 11.4. The molecule has 2 aromatic rings. The summed E-state index contributed by atoms with van der Waals surface area (Å²) < 4.78 is 4.73. The fraction of sp³-hybridized carbons (Fsp3) is 0.214. The summed E-state index contributed by atoms with van der Waals surface area (Å²) in [7, 11) is 1.38. The van der Waals surface area contributed by atoms with Gasteiger partial charge in [0.25, 0.3) is 0 Å². The van der Waals surface area contributed by atoms with E-state index in [2.05, 4.69) is 20.6 Å². The lowest BCUT2D eigenvalue weighted by Crippen LogP contribution is -2.01. The van der Waals surface area contributed by atoms with Crippen molar-refractivity contribution in [3.8, 4) is 0 Å². The van der Waals surface area contributed by atoms with Gasteiger partial charge in [-0.05, 0) is 17.7 Å². The lowest BCUT2D eigenvalue weighted by atomic mass is 10.1. The molecule has 1 aliphatic rings. The standard InChI is InChI=1S/C14H14N4O2S/c1-20-14(19)10-4-2-3-9(5-10)6-21-13-11-12(16-7-15-11)17-8-18-13/h2-5,8,15H,6-7H2,1H3,(H,16,17,18). The molecule has 21 heavy (non-hydrogen) atoms. The number of fused-ring (bicyclic) bond motifs is 1. The Kier molecular flexibility index (Phi) is 3.92. The number of thioether (sulfide) groups is 1. The third-order valence-electron chi connectivity index (χ3n) is 3.06. The summed E-state index contributed by atoms with van der Waals surface area (Å²) in [5.74, 6) is 1.22. The molecule has 1 aromatic carbocycles. The Hall–Kier alpha value is -2.28. The summed E-state index contributed by atoms with van der Waals surface area (Å²) >= 11 is 1.60. The normalized spacial score (nSPS) is 12.2. The minimum absolute atomic E-state index is 0.323. The van der Waals surface area contributed by atoms with Gasteiger partial charge in [0, 0.05) is 5.75 Å². The predicted octanol–water partition coefficient (Wildman–Crippen LogP) is 2.35. The molecule has 0 amide bonds. The van der Waals surface area contributed by atoms with E-state index in [9.17, 15) is 4.79 Å². The number of esters is 1. The topological polar surface area (TPSA) is 76.1 Å². The molecule has 0 spiro atoms. The van der Waals surface area contributed by atoms with Crippen LogP contribution in [0.5, 0.6) is 0 Å². The van der Waals surface area contributed by atoms with Crippen LogP contribution < -0.4 is 10.6 Å². The number of nitrogens with one attached hydrogen (secondary N) is 2. The van der Waals surface area contributed by atoms with Gasteiger partial charge >= 0.3 is 5.97 Å². The number of hydrogen-bond acceptors (Lipinski definition) is 7. The van der Waals surface area contributed by atoms with Gasteiger partial charge in [0.1, 0.15) is 17.0 Å². The SMILES string of the molecule is COC(=O)c1cccc(CSc2ncnc3c2NCN3)c1. The summed E-state index contributed by atoms with van der Waals surface area (Å²) in [5.41, 5.74) is 2.54. The van der Waals surface area contributed by atoms with E-state index in [1.165, 1.54) is 7.11 Å². The van der Waals surface area contributed by atoms with Gasteiger partial charge in [-0.1, -0.05) is 23.9 Å². The molecule has 0 unspecified atom stereocenters. The van der Waals surface area contributed by atoms with Gasteiger partial charge in [-0.3, -0.25) is 0 Å². The van der Waals surface area contributed by atoms with Gasteiger partial charge in [-0.15, -0.1) is 0 Å². The Balaban J connectivity index is 1.74. The molecule has 7 heteroatoms. The van der Waals surface area contributed by atoms with Crippen LogP contribution in [0.4, 0.5) is 11.5 Å². The highest BCUT2D eigenvalue weighted by molar-refractivity contribution is 7.98. The molecule has 2 N–H and O–H groups in total. The second kappa shape index (κ2) is 6.01. The number of carbonyl (C=O) groups excluding carboxylic acids is 1. The Morgan fingerprint density at radius 2 is 2.29 bits per heavy atom. The second-order valence-corrected chi connectivity index (χ2v) is 5.38. The molecule has 108 valence electrons. The number of hydrogen-bond donors (Lipinski definition) is 2. The third kappa shape index (κ3) is 2.92. The Morgan fingerprint density at radius 1 is 1.38 bits per heavy atom. The molecule has 1 aliphatic heterocycles. The lowest BCUT2D eigenvalue weighted by Gasteiger charge is -2.06. The van der Waals surface area contributed by atoms with E-state index in [0.717, 1.165) is 27.8 Å². The smallest absolute Gasteiger partial charge is 0.337 e. The van der Waals surface area contributed by atoms with E-state index >= 15 is 0 Å². The van der Waals surface area contributed by atoms with Crippen LogP contribution in [0.3, 0.4) is 0 Å². The largest absolute Gasteiger partial charge is 0.465 e. The molecular formula is C14H14N4O2S. The first-order valence-electron chi connectivity index (χ1n) is 6.40. The molecule has 0 radical (unpaired) electrons. The summed E-state index contributed by atoms with van der Waals surface area (Å²) in [6.07, 6.45) is 1.55. The number of methoxy groups -OCH3 is 1. The van der Waals surface area contributed by atoms with Crippen LogP contribution in [-0.2, 0) is 10.5 Å². The van der Waals surface area contributed by atoms with E-state index in [4.69, 9.17) is 4.74 Å². The first-order chi connectivity index (χ1) is 10.3. The average Bonchev–Trinajstić information content (AvgIpc) is 3.01. The number of ether oxygens (including phenoxy) is 1. The highest BCUT2D eigenvalue weighted by Gasteiger charge is 2.16. The molecule has 3 rings (SSSR count). The van der Waals surface area contributed by atoms with Crippen molar-refractivity contribution in [3.05, 3.63) is 41.7 Å². The monoisotopic (exact) mass is 302 g/mol. The molecule has 2 heterocycles. The van der Waals surface area contributed by atoms with Crippen molar-refractivity contribution in [1.29, 1.82) is 0 Å². The van der Waals surface area contributed by atoms with E-state index in [-0.39, 0.29) is 5.97 Å². The summed E-state index contributed by atoms with van der Waals surface area (Å²) in [6, 6.07) is 7.42. The minimum atomic E-state index is -0.323. The van der Waals surface area contributed by atoms with Crippen molar-refractivity contribution < 1.29 is 9.53 Å². The van der Waals surface area contributed by atoms with Gasteiger partial charge in [0.15, 0.2) is 5.82 Å². The van der Waals surface area contributed by atoms with E-state index in [1.54, 1.807) is 24.2 Å². The highest BCUT2D eigenvalue weighted by atomic mass is 32.2. The minimum Gasteiger partial charge on any atom is -0.465 e. The number of carbonyl (C=O) groups is 1. The van der Waals surface area contributed by atoms with Gasteiger partial charge in [-0.2, -0.15) is 0 Å². The van der Waals surface area contributed by atoms with Gasteiger partial charge in [0.2, 0.25) is 0 Å². The van der Waals surface area contributed by atoms with Crippen LogP contribution in [-0.4, -0.2) is 29.7 Å². The second-order valence-electron chi connectivity index (χ2n) is 4.41. The van der Waals surface area contributed by atoms with E-state index in [1.807, 2.05) is 18.2 Å². The van der Waals surface area contributed by atoms with Crippen molar-refractivity contribution in [3.63, 3.8) is 0 Å². The summed E-state index contributed by atoms with van der Waals surface area (Å²) in [5, 5.41) is 7.24.